The van der Waals surface area contributed by atoms with Crippen molar-refractivity contribution in [3.63, 3.8) is 0 Å². The molecule has 0 amide bonds. The standard InChI is InChI=1S/C19H36N2O3SSi/c1-20-8-9-21-16(14-22)13-17(24-18-7-5-6-10-23-18)19(21,15-20)25-11-12-26(2,3)4/h14,16-18H,5-13,15H2,1-4H3/t16-,17-,18?,19+/m0/s1. The van der Waals surface area contributed by atoms with E-state index in [2.05, 4.69) is 36.5 Å². The molecule has 0 spiro atoms. The Bertz CT molecular complexity index is 484. The maximum atomic E-state index is 11.8. The Morgan fingerprint density at radius 2 is 2.12 bits per heavy atom. The van der Waals surface area contributed by atoms with Crippen LogP contribution in [0.25, 0.3) is 0 Å². The van der Waals surface area contributed by atoms with Gasteiger partial charge in [-0.15, -0.1) is 11.8 Å². The topological polar surface area (TPSA) is 42.0 Å². The van der Waals surface area contributed by atoms with Crippen molar-refractivity contribution in [1.29, 1.82) is 0 Å². The molecule has 5 nitrogen and oxygen atoms in total. The molecule has 0 aromatic carbocycles. The van der Waals surface area contributed by atoms with Gasteiger partial charge in [0.15, 0.2) is 6.29 Å². The third kappa shape index (κ3) is 4.73. The van der Waals surface area contributed by atoms with Gasteiger partial charge in [-0.2, -0.15) is 0 Å². The highest BCUT2D eigenvalue weighted by Crippen LogP contribution is 2.47. The van der Waals surface area contributed by atoms with Crippen molar-refractivity contribution >= 4 is 26.1 Å². The van der Waals surface area contributed by atoms with Gasteiger partial charge in [0.25, 0.3) is 0 Å². The number of hydrogen-bond donors (Lipinski definition) is 0. The van der Waals surface area contributed by atoms with Crippen LogP contribution in [0.15, 0.2) is 0 Å². The van der Waals surface area contributed by atoms with E-state index in [1.165, 1.54) is 12.5 Å². The van der Waals surface area contributed by atoms with Crippen LogP contribution in [0.2, 0.25) is 25.7 Å². The summed E-state index contributed by atoms with van der Waals surface area (Å²) in [5.74, 6) is 1.15. The molecule has 3 rings (SSSR count). The lowest BCUT2D eigenvalue weighted by Crippen LogP contribution is -2.63. The van der Waals surface area contributed by atoms with Crippen LogP contribution in [-0.2, 0) is 14.3 Å². The zero-order chi connectivity index (χ0) is 18.8. The fourth-order valence-electron chi connectivity index (χ4n) is 4.34. The van der Waals surface area contributed by atoms with Crippen LogP contribution in [-0.4, -0.2) is 86.5 Å². The van der Waals surface area contributed by atoms with E-state index >= 15 is 0 Å². The van der Waals surface area contributed by atoms with Gasteiger partial charge >= 0.3 is 0 Å². The molecule has 1 unspecified atom stereocenters. The lowest BCUT2D eigenvalue weighted by atomic mass is 10.1. The number of carbonyl (C=O) groups is 1. The molecule has 3 aliphatic heterocycles. The van der Waals surface area contributed by atoms with Crippen molar-refractivity contribution in [3.8, 4) is 0 Å². The van der Waals surface area contributed by atoms with Crippen LogP contribution in [0.5, 0.6) is 0 Å². The summed E-state index contributed by atoms with van der Waals surface area (Å²) in [6.07, 6.45) is 5.20. The Labute approximate surface area is 164 Å². The monoisotopic (exact) mass is 400 g/mol. The van der Waals surface area contributed by atoms with Crippen LogP contribution < -0.4 is 0 Å². The number of ether oxygens (including phenoxy) is 2. The first-order valence-corrected chi connectivity index (χ1v) is 14.8. The van der Waals surface area contributed by atoms with Crippen LogP contribution in [0.4, 0.5) is 0 Å². The summed E-state index contributed by atoms with van der Waals surface area (Å²) in [6, 6.07) is 1.28. The number of piperazine rings is 1. The molecule has 3 fully saturated rings. The first kappa shape index (κ1) is 20.8. The SMILES string of the molecule is CN1CCN2[C@H](C=O)C[C@H](OC3CCCCO3)[C@]2(SCC[Si](C)(C)C)C1. The van der Waals surface area contributed by atoms with Gasteiger partial charge in [-0.1, -0.05) is 19.6 Å². The van der Waals surface area contributed by atoms with Gasteiger partial charge in [0.1, 0.15) is 11.2 Å². The molecule has 0 aromatic rings. The molecule has 3 heterocycles. The van der Waals surface area contributed by atoms with E-state index in [1.807, 2.05) is 11.8 Å². The smallest absolute Gasteiger partial charge is 0.158 e. The first-order chi connectivity index (χ1) is 12.3. The van der Waals surface area contributed by atoms with Crippen LogP contribution in [0.1, 0.15) is 25.7 Å². The highest BCUT2D eigenvalue weighted by molar-refractivity contribution is 8.00. The second kappa shape index (κ2) is 8.62. The van der Waals surface area contributed by atoms with Gasteiger partial charge in [0.05, 0.1) is 12.1 Å². The minimum atomic E-state index is -1.08. The third-order valence-electron chi connectivity index (χ3n) is 5.88. The second-order valence-corrected chi connectivity index (χ2v) is 16.3. The Morgan fingerprint density at radius 1 is 1.31 bits per heavy atom. The number of nitrogens with zero attached hydrogens (tertiary/aromatic N) is 2. The zero-order valence-electron chi connectivity index (χ0n) is 16.9. The number of thioether (sulfide) groups is 1. The molecule has 0 saturated carbocycles. The summed E-state index contributed by atoms with van der Waals surface area (Å²) < 4.78 is 12.4. The zero-order valence-corrected chi connectivity index (χ0v) is 18.7. The summed E-state index contributed by atoms with van der Waals surface area (Å²) in [5.41, 5.74) is 0. The molecule has 7 heteroatoms. The highest BCUT2D eigenvalue weighted by atomic mass is 32.2. The van der Waals surface area contributed by atoms with E-state index in [-0.39, 0.29) is 23.3 Å². The number of rotatable bonds is 7. The number of hydrogen-bond acceptors (Lipinski definition) is 6. The van der Waals surface area contributed by atoms with Crippen LogP contribution >= 0.6 is 11.8 Å². The number of carbonyl (C=O) groups excluding carboxylic acids is 1. The Hall–Kier alpha value is 0.0769. The van der Waals surface area contributed by atoms with E-state index in [0.717, 1.165) is 57.5 Å². The average molecular weight is 401 g/mol. The minimum Gasteiger partial charge on any atom is -0.353 e. The third-order valence-corrected chi connectivity index (χ3v) is 9.53. The maximum absolute atomic E-state index is 11.8. The lowest BCUT2D eigenvalue weighted by Gasteiger charge is -2.49. The molecular weight excluding hydrogens is 364 g/mol. The largest absolute Gasteiger partial charge is 0.353 e. The quantitative estimate of drug-likeness (QED) is 0.483. The first-order valence-electron chi connectivity index (χ1n) is 10.2. The second-order valence-electron chi connectivity index (χ2n) is 9.30. The van der Waals surface area contributed by atoms with Crippen molar-refractivity contribution in [2.75, 3.05) is 39.0 Å². The summed E-state index contributed by atoms with van der Waals surface area (Å²) in [5, 5.41) is 0. The fourth-order valence-corrected chi connectivity index (χ4v) is 8.59. The molecule has 4 atom stereocenters. The van der Waals surface area contributed by atoms with Crippen molar-refractivity contribution in [3.05, 3.63) is 0 Å². The van der Waals surface area contributed by atoms with Crippen LogP contribution in [0, 0.1) is 0 Å². The van der Waals surface area contributed by atoms with Gasteiger partial charge in [-0.25, -0.2) is 0 Å². The molecule has 3 aliphatic rings. The van der Waals surface area contributed by atoms with Gasteiger partial charge in [-0.05, 0) is 44.5 Å². The van der Waals surface area contributed by atoms with Gasteiger partial charge < -0.3 is 19.2 Å². The molecule has 3 saturated heterocycles. The number of likely N-dealkylation sites (N-methyl/N-ethyl adjacent to an activating group) is 1. The lowest BCUT2D eigenvalue weighted by molar-refractivity contribution is -0.197. The predicted molar refractivity (Wildman–Crippen MR) is 110 cm³/mol. The molecule has 26 heavy (non-hydrogen) atoms. The molecule has 0 radical (unpaired) electrons. The minimum absolute atomic E-state index is 0.0170. The van der Waals surface area contributed by atoms with E-state index in [4.69, 9.17) is 9.47 Å². The van der Waals surface area contributed by atoms with E-state index < -0.39 is 8.07 Å². The summed E-state index contributed by atoms with van der Waals surface area (Å²) in [6.45, 7) is 11.0. The Kier molecular flexibility index (Phi) is 6.89. The van der Waals surface area contributed by atoms with Crippen molar-refractivity contribution in [1.82, 2.24) is 9.80 Å². The summed E-state index contributed by atoms with van der Waals surface area (Å²) in [7, 11) is 1.11. The molecular formula is C19H36N2O3SSi. The van der Waals surface area contributed by atoms with Crippen LogP contribution in [0.3, 0.4) is 0 Å². The van der Waals surface area contributed by atoms with E-state index in [9.17, 15) is 4.79 Å². The van der Waals surface area contributed by atoms with Gasteiger partial charge in [-0.3, -0.25) is 4.90 Å². The van der Waals surface area contributed by atoms with Crippen molar-refractivity contribution < 1.29 is 14.3 Å². The van der Waals surface area contributed by atoms with E-state index in [0.29, 0.717) is 0 Å². The Morgan fingerprint density at radius 3 is 2.77 bits per heavy atom. The Balaban J connectivity index is 1.78. The van der Waals surface area contributed by atoms with Gasteiger partial charge in [0.2, 0.25) is 0 Å². The number of fused-ring (bicyclic) bond motifs is 1. The molecule has 0 aliphatic carbocycles. The molecule has 0 aromatic heterocycles. The molecule has 150 valence electrons. The van der Waals surface area contributed by atoms with E-state index in [1.54, 1.807) is 0 Å². The maximum Gasteiger partial charge on any atom is 0.158 e. The van der Waals surface area contributed by atoms with Crippen molar-refractivity contribution in [2.45, 2.75) is 74.7 Å². The average Bonchev–Trinajstić information content (AvgIpc) is 2.87. The molecule has 0 N–H and O–H groups in total. The van der Waals surface area contributed by atoms with Crippen molar-refractivity contribution in [2.24, 2.45) is 0 Å². The predicted octanol–water partition coefficient (Wildman–Crippen LogP) is 2.88. The summed E-state index contributed by atoms with van der Waals surface area (Å²) >= 11 is 2.04. The number of aldehydes is 1. The summed E-state index contributed by atoms with van der Waals surface area (Å²) in [4.78, 5) is 16.6. The fraction of sp³-hybridized carbons (Fsp3) is 0.947. The highest BCUT2D eigenvalue weighted by Gasteiger charge is 2.57. The molecule has 0 bridgehead atoms. The van der Waals surface area contributed by atoms with Gasteiger partial charge in [0, 0.05) is 34.3 Å². The normalized spacial score (nSPS) is 36.8.